The Kier molecular flexibility index (Phi) is 11.0. The van der Waals surface area contributed by atoms with E-state index in [-0.39, 0.29) is 19.6 Å². The van der Waals surface area contributed by atoms with Gasteiger partial charge in [0, 0.05) is 13.6 Å². The number of aliphatic hydroxyl groups is 1. The number of carbonyl (C=O) groups is 4. The molecule has 0 fully saturated rings. The molecule has 34 heavy (non-hydrogen) atoms. The molecule has 2 atom stereocenters. The highest BCUT2D eigenvalue weighted by Gasteiger charge is 2.34. The zero-order valence-electron chi connectivity index (χ0n) is 21.1. The third-order valence-electron chi connectivity index (χ3n) is 4.65. The topological polar surface area (TPSA) is 134 Å². The number of aryl methyl sites for hydroxylation is 2. The maximum Gasteiger partial charge on any atom is 0.408 e. The summed E-state index contributed by atoms with van der Waals surface area (Å²) in [6, 6.07) is 3.11. The molecular formula is C24H37N3O7. The zero-order chi connectivity index (χ0) is 26.1. The van der Waals surface area contributed by atoms with Gasteiger partial charge in [0.2, 0.25) is 11.8 Å². The minimum atomic E-state index is -1.32. The molecule has 3 N–H and O–H groups in total. The van der Waals surface area contributed by atoms with E-state index in [0.717, 1.165) is 16.0 Å². The van der Waals surface area contributed by atoms with Crippen molar-refractivity contribution in [2.75, 3.05) is 26.8 Å². The van der Waals surface area contributed by atoms with E-state index < -0.39 is 48.2 Å². The number of alkyl carbamates (subject to hydrolysis) is 1. The van der Waals surface area contributed by atoms with E-state index in [1.54, 1.807) is 39.8 Å². The minimum Gasteiger partial charge on any atom is -0.466 e. The van der Waals surface area contributed by atoms with Gasteiger partial charge in [-0.2, -0.15) is 0 Å². The van der Waals surface area contributed by atoms with Gasteiger partial charge in [0.1, 0.15) is 17.7 Å². The van der Waals surface area contributed by atoms with Crippen LogP contribution in [0.2, 0.25) is 0 Å². The number of hydrogen-bond acceptors (Lipinski definition) is 7. The normalized spacial score (nSPS) is 12.8. The predicted octanol–water partition coefficient (Wildman–Crippen LogP) is 1.76. The van der Waals surface area contributed by atoms with Crippen LogP contribution in [0, 0.1) is 13.8 Å². The summed E-state index contributed by atoms with van der Waals surface area (Å²) in [7, 11) is 1.41. The number of carbonyl (C=O) groups excluding carboxylic acids is 4. The number of rotatable bonds is 10. The van der Waals surface area contributed by atoms with Crippen LogP contribution in [0.1, 0.15) is 56.8 Å². The second-order valence-electron chi connectivity index (χ2n) is 9.00. The van der Waals surface area contributed by atoms with Crippen LogP contribution in [-0.4, -0.2) is 72.3 Å². The first-order valence-electron chi connectivity index (χ1n) is 11.2. The van der Waals surface area contributed by atoms with Crippen molar-refractivity contribution < 1.29 is 33.8 Å². The SMILES string of the molecule is CCOC(=O)CCNC(=O)C(c1cc(C)cc(C)c1)N(C)C(=O)C(CO)NC(=O)OC(C)(C)C. The molecule has 190 valence electrons. The van der Waals surface area contributed by atoms with Crippen LogP contribution in [0.15, 0.2) is 18.2 Å². The van der Waals surface area contributed by atoms with Crippen molar-refractivity contribution in [2.24, 2.45) is 0 Å². The Bertz CT molecular complexity index is 860. The summed E-state index contributed by atoms with van der Waals surface area (Å²) in [6.07, 6.45) is -0.883. The molecule has 0 saturated carbocycles. The molecule has 0 aliphatic heterocycles. The third-order valence-corrected chi connectivity index (χ3v) is 4.65. The second-order valence-corrected chi connectivity index (χ2v) is 9.00. The number of aliphatic hydroxyl groups excluding tert-OH is 1. The molecule has 0 spiro atoms. The summed E-state index contributed by atoms with van der Waals surface area (Å²) in [5.74, 6) is -1.64. The lowest BCUT2D eigenvalue weighted by Gasteiger charge is -2.31. The van der Waals surface area contributed by atoms with Crippen molar-refractivity contribution in [3.05, 3.63) is 34.9 Å². The van der Waals surface area contributed by atoms with E-state index in [1.807, 2.05) is 19.9 Å². The van der Waals surface area contributed by atoms with Crippen molar-refractivity contribution in [2.45, 2.75) is 65.6 Å². The van der Waals surface area contributed by atoms with Gasteiger partial charge in [-0.25, -0.2) is 4.79 Å². The summed E-state index contributed by atoms with van der Waals surface area (Å²) in [5.41, 5.74) is 1.55. The number of ether oxygens (including phenoxy) is 2. The maximum absolute atomic E-state index is 13.2. The van der Waals surface area contributed by atoms with E-state index in [4.69, 9.17) is 9.47 Å². The van der Waals surface area contributed by atoms with Crippen LogP contribution in [0.25, 0.3) is 0 Å². The lowest BCUT2D eigenvalue weighted by Crippen LogP contribution is -2.53. The molecule has 0 aromatic heterocycles. The van der Waals surface area contributed by atoms with Gasteiger partial charge in [0.15, 0.2) is 0 Å². The molecular weight excluding hydrogens is 442 g/mol. The Morgan fingerprint density at radius 1 is 1.09 bits per heavy atom. The Labute approximate surface area is 201 Å². The van der Waals surface area contributed by atoms with E-state index in [1.165, 1.54) is 7.05 Å². The van der Waals surface area contributed by atoms with Crippen LogP contribution < -0.4 is 10.6 Å². The number of amides is 3. The molecule has 0 saturated heterocycles. The Hall–Kier alpha value is -3.14. The average Bonchev–Trinajstić information content (AvgIpc) is 2.69. The average molecular weight is 480 g/mol. The molecule has 0 aliphatic carbocycles. The lowest BCUT2D eigenvalue weighted by atomic mass is 9.99. The Morgan fingerprint density at radius 3 is 2.18 bits per heavy atom. The molecule has 3 amide bonds. The zero-order valence-corrected chi connectivity index (χ0v) is 21.1. The molecule has 0 heterocycles. The molecule has 0 bridgehead atoms. The van der Waals surface area contributed by atoms with Crippen LogP contribution >= 0.6 is 0 Å². The Balaban J connectivity index is 3.14. The van der Waals surface area contributed by atoms with Gasteiger partial charge < -0.3 is 30.1 Å². The number of benzene rings is 1. The fourth-order valence-corrected chi connectivity index (χ4v) is 3.34. The largest absolute Gasteiger partial charge is 0.466 e. The number of likely N-dealkylation sites (N-methyl/N-ethyl adjacent to an activating group) is 1. The number of nitrogens with zero attached hydrogens (tertiary/aromatic N) is 1. The summed E-state index contributed by atoms with van der Waals surface area (Å²) < 4.78 is 10.0. The molecule has 1 rings (SSSR count). The van der Waals surface area contributed by atoms with Gasteiger partial charge in [0.05, 0.1) is 19.6 Å². The maximum atomic E-state index is 13.2. The first kappa shape index (κ1) is 28.9. The van der Waals surface area contributed by atoms with Gasteiger partial charge in [-0.05, 0) is 47.1 Å². The number of esters is 1. The van der Waals surface area contributed by atoms with Gasteiger partial charge in [0.25, 0.3) is 0 Å². The summed E-state index contributed by atoms with van der Waals surface area (Å²) in [6.45, 7) is 10.0. The highest BCUT2D eigenvalue weighted by atomic mass is 16.6. The van der Waals surface area contributed by atoms with Crippen molar-refractivity contribution in [1.82, 2.24) is 15.5 Å². The van der Waals surface area contributed by atoms with Crippen LogP contribution in [0.4, 0.5) is 4.79 Å². The molecule has 0 radical (unpaired) electrons. The Morgan fingerprint density at radius 2 is 1.68 bits per heavy atom. The predicted molar refractivity (Wildman–Crippen MR) is 126 cm³/mol. The first-order valence-corrected chi connectivity index (χ1v) is 11.2. The standard InChI is InChI=1S/C24H37N3O7/c1-8-33-19(29)9-10-25-21(30)20(17-12-15(2)11-16(3)13-17)27(7)22(31)18(14-28)26-23(32)34-24(4,5)6/h11-13,18,20,28H,8-10,14H2,1-7H3,(H,25,30)(H,26,32). The summed E-state index contributed by atoms with van der Waals surface area (Å²) in [5, 5.41) is 14.8. The van der Waals surface area contributed by atoms with Gasteiger partial charge in [-0.3, -0.25) is 14.4 Å². The van der Waals surface area contributed by atoms with Crippen molar-refractivity contribution in [1.29, 1.82) is 0 Å². The smallest absolute Gasteiger partial charge is 0.408 e. The molecule has 0 aliphatic rings. The first-order chi connectivity index (χ1) is 15.8. The van der Waals surface area contributed by atoms with Crippen molar-refractivity contribution in [3.8, 4) is 0 Å². The van der Waals surface area contributed by atoms with Gasteiger partial charge in [-0.15, -0.1) is 0 Å². The molecule has 10 nitrogen and oxygen atoms in total. The number of nitrogens with one attached hydrogen (secondary N) is 2. The van der Waals surface area contributed by atoms with E-state index >= 15 is 0 Å². The summed E-state index contributed by atoms with van der Waals surface area (Å²) in [4.78, 5) is 51.2. The highest BCUT2D eigenvalue weighted by molar-refractivity contribution is 5.92. The second kappa shape index (κ2) is 12.9. The third kappa shape index (κ3) is 9.38. The summed E-state index contributed by atoms with van der Waals surface area (Å²) >= 11 is 0. The number of hydrogen-bond donors (Lipinski definition) is 3. The van der Waals surface area contributed by atoms with Gasteiger partial charge in [-0.1, -0.05) is 29.3 Å². The molecule has 10 heteroatoms. The molecule has 1 aromatic carbocycles. The highest BCUT2D eigenvalue weighted by Crippen LogP contribution is 2.23. The lowest BCUT2D eigenvalue weighted by molar-refractivity contribution is -0.144. The fourth-order valence-electron chi connectivity index (χ4n) is 3.34. The quantitative estimate of drug-likeness (QED) is 0.435. The monoisotopic (exact) mass is 479 g/mol. The van der Waals surface area contributed by atoms with E-state index in [0.29, 0.717) is 5.56 Å². The van der Waals surface area contributed by atoms with Crippen LogP contribution in [0.3, 0.4) is 0 Å². The molecule has 2 unspecified atom stereocenters. The molecule has 1 aromatic rings. The minimum absolute atomic E-state index is 0.0176. The van der Waals surface area contributed by atoms with Crippen molar-refractivity contribution >= 4 is 23.9 Å². The fraction of sp³-hybridized carbons (Fsp3) is 0.583. The van der Waals surface area contributed by atoms with Crippen molar-refractivity contribution in [3.63, 3.8) is 0 Å². The van der Waals surface area contributed by atoms with Crippen LogP contribution in [-0.2, 0) is 23.9 Å². The van der Waals surface area contributed by atoms with Crippen LogP contribution in [0.5, 0.6) is 0 Å². The van der Waals surface area contributed by atoms with Gasteiger partial charge >= 0.3 is 12.1 Å². The van der Waals surface area contributed by atoms with E-state index in [9.17, 15) is 24.3 Å². The van der Waals surface area contributed by atoms with E-state index in [2.05, 4.69) is 10.6 Å².